The molecule has 1 aliphatic rings. The van der Waals surface area contributed by atoms with Crippen LogP contribution in [0.3, 0.4) is 0 Å². The molecule has 0 aliphatic carbocycles. The van der Waals surface area contributed by atoms with Crippen LogP contribution in [0.4, 0.5) is 0 Å². The van der Waals surface area contributed by atoms with Crippen LogP contribution < -0.4 is 10.9 Å². The summed E-state index contributed by atoms with van der Waals surface area (Å²) in [5.41, 5.74) is 5.56. The lowest BCUT2D eigenvalue weighted by atomic mass is 10.4. The molecule has 0 aromatic rings. The predicted molar refractivity (Wildman–Crippen MR) is 42.7 cm³/mol. The molecule has 1 fully saturated rings. The number of hydrogen-bond donors (Lipinski definition) is 2. The van der Waals surface area contributed by atoms with Crippen molar-refractivity contribution in [2.45, 2.75) is 13.3 Å². The summed E-state index contributed by atoms with van der Waals surface area (Å²) >= 11 is 0. The van der Waals surface area contributed by atoms with Crippen molar-refractivity contribution in [2.24, 2.45) is 4.99 Å². The Balaban J connectivity index is 2.65. The fourth-order valence-corrected chi connectivity index (χ4v) is 0.788. The van der Waals surface area contributed by atoms with E-state index >= 15 is 0 Å². The molecule has 0 aromatic carbocycles. The van der Waals surface area contributed by atoms with Gasteiger partial charge in [-0.1, -0.05) is 0 Å². The zero-order valence-corrected chi connectivity index (χ0v) is 6.59. The van der Waals surface area contributed by atoms with Crippen LogP contribution in [0.25, 0.3) is 0 Å². The molecule has 0 atom stereocenters. The first-order valence-electron chi connectivity index (χ1n) is 3.41. The normalized spacial score (nSPS) is 20.2. The number of rotatable bonds is 1. The number of carbonyl (C=O) groups excluding carboxylic acids is 1. The first-order valence-corrected chi connectivity index (χ1v) is 3.41. The zero-order chi connectivity index (χ0) is 8.97. The van der Waals surface area contributed by atoms with E-state index in [4.69, 9.17) is 5.26 Å². The Hall–Kier alpha value is -1.83. The van der Waals surface area contributed by atoms with Gasteiger partial charge in [0.15, 0.2) is 0 Å². The van der Waals surface area contributed by atoms with Gasteiger partial charge in [0.25, 0.3) is 0 Å². The molecule has 1 aliphatic heterocycles. The summed E-state index contributed by atoms with van der Waals surface area (Å²) in [6.07, 6.45) is 1.56. The van der Waals surface area contributed by atoms with Gasteiger partial charge in [-0.3, -0.25) is 15.6 Å². The van der Waals surface area contributed by atoms with E-state index in [1.807, 2.05) is 6.07 Å². The topological polar surface area (TPSA) is 77.3 Å². The lowest BCUT2D eigenvalue weighted by Crippen LogP contribution is -2.28. The van der Waals surface area contributed by atoms with E-state index in [2.05, 4.69) is 15.8 Å². The molecule has 5 nitrogen and oxygen atoms in total. The number of hydrazine groups is 1. The number of aliphatic imine (C=N–C) groups is 1. The minimum Gasteiger partial charge on any atom is -0.285 e. The van der Waals surface area contributed by atoms with Crippen molar-refractivity contribution in [3.05, 3.63) is 11.8 Å². The second-order valence-electron chi connectivity index (χ2n) is 2.32. The summed E-state index contributed by atoms with van der Waals surface area (Å²) in [6, 6.07) is 1.85. The lowest BCUT2D eigenvalue weighted by Gasteiger charge is -1.94. The summed E-state index contributed by atoms with van der Waals surface area (Å²) in [5.74, 6) is 0.433. The molecule has 0 unspecified atom stereocenters. The van der Waals surface area contributed by atoms with Crippen molar-refractivity contribution >= 4 is 11.7 Å². The standard InChI is InChI=1S/C7H8N4O/c1-5(2-3-8)9-6-4-7(12)11-10-6/h2H,4H2,1H3,(H,9,10)(H,11,12). The maximum absolute atomic E-state index is 10.7. The van der Waals surface area contributed by atoms with Crippen molar-refractivity contribution in [1.82, 2.24) is 10.9 Å². The minimum atomic E-state index is -0.112. The highest BCUT2D eigenvalue weighted by molar-refractivity contribution is 6.05. The third kappa shape index (κ3) is 2.09. The smallest absolute Gasteiger partial charge is 0.245 e. The third-order valence-electron chi connectivity index (χ3n) is 1.26. The summed E-state index contributed by atoms with van der Waals surface area (Å²) in [6.45, 7) is 1.70. The van der Waals surface area contributed by atoms with E-state index in [1.165, 1.54) is 6.08 Å². The Morgan fingerprint density at radius 1 is 1.75 bits per heavy atom. The second-order valence-corrected chi connectivity index (χ2v) is 2.32. The van der Waals surface area contributed by atoms with E-state index in [0.29, 0.717) is 11.5 Å². The van der Waals surface area contributed by atoms with Crippen molar-refractivity contribution < 1.29 is 4.79 Å². The van der Waals surface area contributed by atoms with E-state index in [1.54, 1.807) is 6.92 Å². The molecular weight excluding hydrogens is 156 g/mol. The summed E-state index contributed by atoms with van der Waals surface area (Å²) in [7, 11) is 0. The quantitative estimate of drug-likeness (QED) is 0.528. The van der Waals surface area contributed by atoms with Gasteiger partial charge in [0.05, 0.1) is 12.5 Å². The van der Waals surface area contributed by atoms with Gasteiger partial charge in [-0.25, -0.2) is 4.99 Å². The average molecular weight is 164 g/mol. The summed E-state index contributed by atoms with van der Waals surface area (Å²) in [5, 5.41) is 8.26. The second kappa shape index (κ2) is 3.53. The fraction of sp³-hybridized carbons (Fsp3) is 0.286. The Morgan fingerprint density at radius 2 is 2.50 bits per heavy atom. The van der Waals surface area contributed by atoms with Crippen LogP contribution in [0, 0.1) is 11.3 Å². The largest absolute Gasteiger partial charge is 0.285 e. The Bertz CT molecular complexity index is 297. The first-order chi connectivity index (χ1) is 5.72. The van der Waals surface area contributed by atoms with Gasteiger partial charge in [0, 0.05) is 11.8 Å². The number of amidine groups is 1. The number of hydrogen-bond acceptors (Lipinski definition) is 3. The molecule has 0 bridgehead atoms. The van der Waals surface area contributed by atoms with Crippen LogP contribution in [0.1, 0.15) is 13.3 Å². The van der Waals surface area contributed by atoms with E-state index in [-0.39, 0.29) is 12.3 Å². The molecule has 12 heavy (non-hydrogen) atoms. The highest BCUT2D eigenvalue weighted by Crippen LogP contribution is 1.98. The molecule has 0 aromatic heterocycles. The van der Waals surface area contributed by atoms with Gasteiger partial charge < -0.3 is 0 Å². The molecule has 0 radical (unpaired) electrons. The molecule has 1 amide bonds. The Kier molecular flexibility index (Phi) is 2.43. The first kappa shape index (κ1) is 8.27. The van der Waals surface area contributed by atoms with Gasteiger partial charge in [0.2, 0.25) is 5.91 Å². The van der Waals surface area contributed by atoms with Crippen LogP contribution >= 0.6 is 0 Å². The number of carbonyl (C=O) groups is 1. The fourth-order valence-electron chi connectivity index (χ4n) is 0.788. The maximum Gasteiger partial charge on any atom is 0.245 e. The van der Waals surface area contributed by atoms with Crippen LogP contribution in [0.5, 0.6) is 0 Å². The minimum absolute atomic E-state index is 0.112. The molecule has 1 rings (SSSR count). The zero-order valence-electron chi connectivity index (χ0n) is 6.59. The van der Waals surface area contributed by atoms with Crippen molar-refractivity contribution in [1.29, 1.82) is 5.26 Å². The highest BCUT2D eigenvalue weighted by Gasteiger charge is 2.14. The highest BCUT2D eigenvalue weighted by atomic mass is 16.2. The Morgan fingerprint density at radius 3 is 3.00 bits per heavy atom. The number of nitriles is 1. The number of nitrogens with one attached hydrogen (secondary N) is 2. The van der Waals surface area contributed by atoms with E-state index in [0.717, 1.165) is 0 Å². The summed E-state index contributed by atoms with van der Waals surface area (Å²) < 4.78 is 0. The lowest BCUT2D eigenvalue weighted by molar-refractivity contribution is -0.119. The number of nitrogens with zero attached hydrogens (tertiary/aromatic N) is 2. The number of allylic oxidation sites excluding steroid dienone is 2. The van der Waals surface area contributed by atoms with Crippen LogP contribution in [-0.4, -0.2) is 11.7 Å². The van der Waals surface area contributed by atoms with Crippen molar-refractivity contribution in [3.63, 3.8) is 0 Å². The monoisotopic (exact) mass is 164 g/mol. The predicted octanol–water partition coefficient (Wildman–Crippen LogP) is -0.163. The van der Waals surface area contributed by atoms with Crippen molar-refractivity contribution in [2.75, 3.05) is 0 Å². The number of amides is 1. The maximum atomic E-state index is 10.7. The average Bonchev–Trinajstić information content (AvgIpc) is 2.36. The SMILES string of the molecule is CC(=CC#N)N=C1CC(=O)NN1. The van der Waals surface area contributed by atoms with Crippen LogP contribution in [-0.2, 0) is 4.79 Å². The Labute approximate surface area is 69.8 Å². The molecule has 0 spiro atoms. The van der Waals surface area contributed by atoms with E-state index < -0.39 is 0 Å². The van der Waals surface area contributed by atoms with Gasteiger partial charge in [-0.15, -0.1) is 0 Å². The molecular formula is C7H8N4O. The van der Waals surface area contributed by atoms with Gasteiger partial charge >= 0.3 is 0 Å². The van der Waals surface area contributed by atoms with Crippen molar-refractivity contribution in [3.8, 4) is 6.07 Å². The van der Waals surface area contributed by atoms with Crippen LogP contribution in [0.15, 0.2) is 16.8 Å². The van der Waals surface area contributed by atoms with Crippen LogP contribution in [0.2, 0.25) is 0 Å². The molecule has 2 N–H and O–H groups in total. The molecule has 0 saturated carbocycles. The molecule has 1 heterocycles. The summed E-state index contributed by atoms with van der Waals surface area (Å²) in [4.78, 5) is 14.6. The van der Waals surface area contributed by atoms with E-state index in [9.17, 15) is 4.79 Å². The molecule has 1 saturated heterocycles. The van der Waals surface area contributed by atoms with Gasteiger partial charge in [-0.2, -0.15) is 5.26 Å². The molecule has 62 valence electrons. The van der Waals surface area contributed by atoms with Gasteiger partial charge in [-0.05, 0) is 6.92 Å². The molecule has 5 heteroatoms. The van der Waals surface area contributed by atoms with Gasteiger partial charge in [0.1, 0.15) is 5.84 Å². The third-order valence-corrected chi connectivity index (χ3v) is 1.26.